The maximum atomic E-state index is 4.01. The molecule has 1 aliphatic carbocycles. The lowest BCUT2D eigenvalue weighted by Crippen LogP contribution is -2.30. The molecule has 2 rings (SSSR count). The summed E-state index contributed by atoms with van der Waals surface area (Å²) in [6.45, 7) is 12.5. The van der Waals surface area contributed by atoms with Crippen LogP contribution in [-0.2, 0) is 0 Å². The Balaban J connectivity index is 2.16. The lowest BCUT2D eigenvalue weighted by Gasteiger charge is -2.18. The molecule has 0 amide bonds. The van der Waals surface area contributed by atoms with Crippen LogP contribution in [0, 0.1) is 17.8 Å². The number of rotatable bonds is 4. The van der Waals surface area contributed by atoms with E-state index in [2.05, 4.69) is 63.2 Å². The number of likely N-dealkylation sites (N-methyl/N-ethyl adjacent to an activating group) is 1. The van der Waals surface area contributed by atoms with E-state index in [-0.39, 0.29) is 0 Å². The molecule has 2 aliphatic rings. The molecule has 1 saturated carbocycles. The fourth-order valence-corrected chi connectivity index (χ4v) is 5.08. The Labute approximate surface area is 108 Å². The average Bonchev–Trinajstić information content (AvgIpc) is 3.02. The Morgan fingerprint density at radius 3 is 2.53 bits per heavy atom. The zero-order valence-electron chi connectivity index (χ0n) is 10.3. The normalized spacial score (nSPS) is 54.9. The van der Waals surface area contributed by atoms with Crippen LogP contribution in [0.2, 0.25) is 0 Å². The van der Waals surface area contributed by atoms with Gasteiger partial charge in [-0.2, -0.15) is 0 Å². The highest BCUT2D eigenvalue weighted by molar-refractivity contribution is 14.1. The molecular weight excluding hydrogens is 297 g/mol. The summed E-state index contributed by atoms with van der Waals surface area (Å²) in [7, 11) is 2.34. The van der Waals surface area contributed by atoms with Crippen molar-refractivity contribution in [1.82, 2.24) is 0 Å². The minimum atomic E-state index is 0.547. The largest absolute Gasteiger partial charge is 0.285 e. The van der Waals surface area contributed by atoms with Gasteiger partial charge < -0.3 is 0 Å². The third-order valence-electron chi connectivity index (χ3n) is 5.13. The summed E-state index contributed by atoms with van der Waals surface area (Å²) >= 11 is 2.60. The maximum absolute atomic E-state index is 4.01. The molecule has 2 heteroatoms. The summed E-state index contributed by atoms with van der Waals surface area (Å²) in [6.07, 6.45) is 3.47. The fourth-order valence-electron chi connectivity index (χ4n) is 3.98. The molecule has 1 heterocycles. The van der Waals surface area contributed by atoms with Gasteiger partial charge in [0.2, 0.25) is 0 Å². The number of halogens is 1. The van der Waals surface area contributed by atoms with E-state index in [0.29, 0.717) is 5.54 Å². The topological polar surface area (TPSA) is 0 Å². The molecule has 0 aromatic carbocycles. The van der Waals surface area contributed by atoms with Gasteiger partial charge in [0.25, 0.3) is 0 Å². The van der Waals surface area contributed by atoms with Crippen molar-refractivity contribution in [2.45, 2.75) is 36.7 Å². The van der Waals surface area contributed by atoms with Gasteiger partial charge in [-0.25, -0.2) is 0 Å². The van der Waals surface area contributed by atoms with Gasteiger partial charge in [-0.05, 0) is 18.4 Å². The smallest absolute Gasteiger partial charge is 0.156 e. The zero-order chi connectivity index (χ0) is 11.4. The van der Waals surface area contributed by atoms with Crippen LogP contribution in [0.5, 0.6) is 0 Å². The van der Waals surface area contributed by atoms with E-state index in [1.165, 1.54) is 13.0 Å². The highest BCUT2D eigenvalue weighted by atomic mass is 127. The first-order valence-corrected chi connectivity index (χ1v) is 7.31. The SMILES string of the molecule is C=C[N+]1(C)CC1(CC)[C@H]1C([C@H](C)I)[C@H]1C. The van der Waals surface area contributed by atoms with Gasteiger partial charge in [-0.3, -0.25) is 4.48 Å². The molecule has 0 spiro atoms. The van der Waals surface area contributed by atoms with Crippen molar-refractivity contribution in [2.75, 3.05) is 13.6 Å². The van der Waals surface area contributed by atoms with Gasteiger partial charge in [-0.1, -0.05) is 43.4 Å². The number of hydrogen-bond acceptors (Lipinski definition) is 0. The van der Waals surface area contributed by atoms with Gasteiger partial charge in [0, 0.05) is 16.3 Å². The molecular formula is C13H23IN+. The van der Waals surface area contributed by atoms with E-state index in [1.807, 2.05) is 0 Å². The van der Waals surface area contributed by atoms with Crippen molar-refractivity contribution in [3.63, 3.8) is 0 Å². The van der Waals surface area contributed by atoms with E-state index >= 15 is 0 Å². The van der Waals surface area contributed by atoms with Crippen LogP contribution in [0.15, 0.2) is 12.8 Å². The van der Waals surface area contributed by atoms with Crippen molar-refractivity contribution in [3.8, 4) is 0 Å². The highest BCUT2D eigenvalue weighted by Crippen LogP contribution is 2.66. The Hall–Kier alpha value is 0.430. The maximum Gasteiger partial charge on any atom is 0.156 e. The van der Waals surface area contributed by atoms with Crippen LogP contribution in [0.3, 0.4) is 0 Å². The summed E-state index contributed by atoms with van der Waals surface area (Å²) in [6, 6.07) is 0. The fraction of sp³-hybridized carbons (Fsp3) is 0.846. The molecule has 0 aromatic heterocycles. The van der Waals surface area contributed by atoms with E-state index in [1.54, 1.807) is 0 Å². The third-order valence-corrected chi connectivity index (χ3v) is 5.96. The first-order chi connectivity index (χ1) is 6.93. The molecule has 2 fully saturated rings. The monoisotopic (exact) mass is 320 g/mol. The van der Waals surface area contributed by atoms with Crippen molar-refractivity contribution < 1.29 is 4.48 Å². The van der Waals surface area contributed by atoms with Crippen molar-refractivity contribution >= 4 is 22.6 Å². The Morgan fingerprint density at radius 1 is 1.67 bits per heavy atom. The van der Waals surface area contributed by atoms with Crippen LogP contribution >= 0.6 is 22.6 Å². The predicted molar refractivity (Wildman–Crippen MR) is 73.9 cm³/mol. The summed E-state index contributed by atoms with van der Waals surface area (Å²) in [5, 5.41) is 0. The standard InChI is InChI=1S/C13H23IN/c1-6-13(8-15(13,5)7-2)12-9(3)11(12)10(4)14/h7,9-12H,2,6,8H2,1,3-5H3/q+1/t9-,10+,11?,12-,13?,15?/m1/s1. The second-order valence-electron chi connectivity index (χ2n) is 5.71. The molecule has 15 heavy (non-hydrogen) atoms. The highest BCUT2D eigenvalue weighted by Gasteiger charge is 2.77. The summed E-state index contributed by atoms with van der Waals surface area (Å²) in [5.74, 6) is 2.82. The molecule has 86 valence electrons. The molecule has 0 bridgehead atoms. The Morgan fingerprint density at radius 2 is 2.27 bits per heavy atom. The second kappa shape index (κ2) is 3.46. The van der Waals surface area contributed by atoms with E-state index in [9.17, 15) is 0 Å². The van der Waals surface area contributed by atoms with Crippen LogP contribution in [0.1, 0.15) is 27.2 Å². The molecule has 6 atom stereocenters. The predicted octanol–water partition coefficient (Wildman–Crippen LogP) is 3.44. The van der Waals surface area contributed by atoms with Crippen molar-refractivity contribution in [2.24, 2.45) is 17.8 Å². The molecule has 1 saturated heterocycles. The van der Waals surface area contributed by atoms with E-state index in [0.717, 1.165) is 26.2 Å². The Kier molecular flexibility index (Phi) is 2.74. The minimum Gasteiger partial charge on any atom is -0.285 e. The molecule has 3 unspecified atom stereocenters. The molecule has 0 aromatic rings. The van der Waals surface area contributed by atoms with Gasteiger partial charge in [0.15, 0.2) is 5.54 Å². The molecule has 1 aliphatic heterocycles. The lowest BCUT2D eigenvalue weighted by atomic mass is 9.97. The van der Waals surface area contributed by atoms with Crippen LogP contribution in [0.4, 0.5) is 0 Å². The molecule has 0 radical (unpaired) electrons. The van der Waals surface area contributed by atoms with Gasteiger partial charge in [0.05, 0.1) is 13.2 Å². The number of hydrogen-bond donors (Lipinski definition) is 0. The van der Waals surface area contributed by atoms with Gasteiger partial charge in [0.1, 0.15) is 6.54 Å². The van der Waals surface area contributed by atoms with Gasteiger partial charge >= 0.3 is 0 Å². The lowest BCUT2D eigenvalue weighted by molar-refractivity contribution is -0.755. The minimum absolute atomic E-state index is 0.547. The molecule has 0 N–H and O–H groups in total. The average molecular weight is 320 g/mol. The summed E-state index contributed by atoms with van der Waals surface area (Å²) in [4.78, 5) is 0. The first kappa shape index (κ1) is 11.9. The second-order valence-corrected chi connectivity index (χ2v) is 7.67. The molecule has 1 nitrogen and oxygen atoms in total. The Bertz CT molecular complexity index is 288. The first-order valence-electron chi connectivity index (χ1n) is 6.06. The van der Waals surface area contributed by atoms with Crippen LogP contribution in [-0.4, -0.2) is 27.5 Å². The summed E-state index contributed by atoms with van der Waals surface area (Å²) < 4.78 is 1.93. The number of quaternary nitrogens is 1. The van der Waals surface area contributed by atoms with E-state index in [4.69, 9.17) is 0 Å². The van der Waals surface area contributed by atoms with Gasteiger partial charge in [-0.15, -0.1) is 0 Å². The van der Waals surface area contributed by atoms with Crippen molar-refractivity contribution in [3.05, 3.63) is 12.8 Å². The quantitative estimate of drug-likeness (QED) is 0.322. The van der Waals surface area contributed by atoms with Crippen LogP contribution in [0.25, 0.3) is 0 Å². The number of nitrogens with zero attached hydrogens (tertiary/aromatic N) is 1. The summed E-state index contributed by atoms with van der Waals surface area (Å²) in [5.41, 5.74) is 0.547. The third kappa shape index (κ3) is 1.43. The van der Waals surface area contributed by atoms with Crippen LogP contribution < -0.4 is 0 Å². The van der Waals surface area contributed by atoms with E-state index < -0.39 is 0 Å². The van der Waals surface area contributed by atoms with Crippen molar-refractivity contribution in [1.29, 1.82) is 0 Å². The number of alkyl halides is 1. The zero-order valence-corrected chi connectivity index (χ0v) is 12.5.